The first-order valence-electron chi connectivity index (χ1n) is 8.31. The van der Waals surface area contributed by atoms with Gasteiger partial charge in [-0.25, -0.2) is 0 Å². The molecule has 4 heteroatoms. The molecule has 24 heavy (non-hydrogen) atoms. The third kappa shape index (κ3) is 4.48. The van der Waals surface area contributed by atoms with Gasteiger partial charge >= 0.3 is 0 Å². The summed E-state index contributed by atoms with van der Waals surface area (Å²) in [6.45, 7) is 2.13. The SMILES string of the molecule is CCCCCC1=CC/C(=C\c2ccc(OCC#N)c(OC)c2)C1=O. The van der Waals surface area contributed by atoms with Crippen molar-refractivity contribution in [3.63, 3.8) is 0 Å². The van der Waals surface area contributed by atoms with Crippen molar-refractivity contribution < 1.29 is 14.3 Å². The summed E-state index contributed by atoms with van der Waals surface area (Å²) in [5.74, 6) is 1.24. The molecule has 0 spiro atoms. The quantitative estimate of drug-likeness (QED) is 0.523. The summed E-state index contributed by atoms with van der Waals surface area (Å²) < 4.78 is 10.6. The number of unbranched alkanes of at least 4 members (excludes halogenated alkanes) is 2. The van der Waals surface area contributed by atoms with Crippen molar-refractivity contribution in [2.45, 2.75) is 39.0 Å². The summed E-state index contributed by atoms with van der Waals surface area (Å²) in [5.41, 5.74) is 2.65. The minimum atomic E-state index is -0.0275. The van der Waals surface area contributed by atoms with Gasteiger partial charge in [0.05, 0.1) is 7.11 Å². The van der Waals surface area contributed by atoms with Crippen molar-refractivity contribution in [1.29, 1.82) is 5.26 Å². The summed E-state index contributed by atoms with van der Waals surface area (Å²) in [6.07, 6.45) is 8.90. The van der Waals surface area contributed by atoms with Gasteiger partial charge in [0.1, 0.15) is 6.07 Å². The standard InChI is InChI=1S/C20H23NO3/c1-3-4-5-6-16-8-9-17(20(16)22)13-15-7-10-18(24-12-11-21)19(14-15)23-2/h7-8,10,13-14H,3-6,9,12H2,1-2H3/b17-13+. The smallest absolute Gasteiger partial charge is 0.185 e. The molecule has 1 aliphatic carbocycles. The van der Waals surface area contributed by atoms with Crippen LogP contribution < -0.4 is 9.47 Å². The molecule has 1 aromatic carbocycles. The molecule has 0 saturated carbocycles. The number of benzene rings is 1. The molecular weight excluding hydrogens is 302 g/mol. The molecule has 0 atom stereocenters. The van der Waals surface area contributed by atoms with Crippen LogP contribution in [-0.4, -0.2) is 19.5 Å². The van der Waals surface area contributed by atoms with Gasteiger partial charge in [0.25, 0.3) is 0 Å². The number of methoxy groups -OCH3 is 1. The second-order valence-electron chi connectivity index (χ2n) is 5.75. The molecule has 126 valence electrons. The molecule has 4 nitrogen and oxygen atoms in total. The zero-order chi connectivity index (χ0) is 17.4. The fourth-order valence-electron chi connectivity index (χ4n) is 2.73. The fourth-order valence-corrected chi connectivity index (χ4v) is 2.73. The molecule has 0 N–H and O–H groups in total. The van der Waals surface area contributed by atoms with Crippen LogP contribution in [0.3, 0.4) is 0 Å². The van der Waals surface area contributed by atoms with Crippen LogP contribution in [0.4, 0.5) is 0 Å². The van der Waals surface area contributed by atoms with Crippen molar-refractivity contribution in [3.05, 3.63) is 41.0 Å². The third-order valence-electron chi connectivity index (χ3n) is 4.02. The molecule has 0 fully saturated rings. The molecule has 0 bridgehead atoms. The molecule has 0 amide bonds. The van der Waals surface area contributed by atoms with Crippen LogP contribution >= 0.6 is 0 Å². The predicted octanol–water partition coefficient (Wildman–Crippen LogP) is 4.46. The molecule has 1 aliphatic rings. The molecule has 1 aromatic rings. The number of carbonyl (C=O) groups excluding carboxylic acids is 1. The Morgan fingerprint density at radius 1 is 1.29 bits per heavy atom. The molecule has 0 saturated heterocycles. The maximum atomic E-state index is 12.4. The molecule has 2 rings (SSSR count). The second-order valence-corrected chi connectivity index (χ2v) is 5.75. The molecule has 0 aromatic heterocycles. The maximum Gasteiger partial charge on any atom is 0.185 e. The fraction of sp³-hybridized carbons (Fsp3) is 0.400. The van der Waals surface area contributed by atoms with Crippen LogP contribution in [-0.2, 0) is 4.79 Å². The largest absolute Gasteiger partial charge is 0.493 e. The topological polar surface area (TPSA) is 59.3 Å². The Morgan fingerprint density at radius 3 is 2.83 bits per heavy atom. The number of Topliss-reactive ketones (excluding diaryl/α,β-unsaturated/α-hetero) is 1. The minimum absolute atomic E-state index is 0.0275. The average Bonchev–Trinajstić information content (AvgIpc) is 2.94. The number of rotatable bonds is 8. The van der Waals surface area contributed by atoms with E-state index >= 15 is 0 Å². The maximum absolute atomic E-state index is 12.4. The summed E-state index contributed by atoms with van der Waals surface area (Å²) >= 11 is 0. The number of ketones is 1. The molecule has 0 radical (unpaired) electrons. The van der Waals surface area contributed by atoms with Gasteiger partial charge < -0.3 is 9.47 Å². The van der Waals surface area contributed by atoms with Gasteiger partial charge in [0.2, 0.25) is 0 Å². The highest BCUT2D eigenvalue weighted by atomic mass is 16.5. The van der Waals surface area contributed by atoms with Gasteiger partial charge in [-0.1, -0.05) is 31.9 Å². The van der Waals surface area contributed by atoms with E-state index in [9.17, 15) is 4.79 Å². The average molecular weight is 325 g/mol. The highest BCUT2D eigenvalue weighted by molar-refractivity contribution is 6.13. The number of carbonyl (C=O) groups is 1. The monoisotopic (exact) mass is 325 g/mol. The Kier molecular flexibility index (Phi) is 6.62. The Bertz CT molecular complexity index is 695. The zero-order valence-electron chi connectivity index (χ0n) is 14.3. The lowest BCUT2D eigenvalue weighted by molar-refractivity contribution is -0.112. The van der Waals surface area contributed by atoms with Gasteiger partial charge in [0, 0.05) is 5.57 Å². The Balaban J connectivity index is 2.09. The van der Waals surface area contributed by atoms with Crippen molar-refractivity contribution in [3.8, 4) is 17.6 Å². The summed E-state index contributed by atoms with van der Waals surface area (Å²) in [7, 11) is 1.56. The van der Waals surface area contributed by atoms with Crippen molar-refractivity contribution in [2.24, 2.45) is 0 Å². The number of hydrogen-bond donors (Lipinski definition) is 0. The van der Waals surface area contributed by atoms with Gasteiger partial charge in [-0.05, 0) is 48.6 Å². The van der Waals surface area contributed by atoms with E-state index < -0.39 is 0 Å². The molecule has 0 heterocycles. The summed E-state index contributed by atoms with van der Waals surface area (Å²) in [4.78, 5) is 12.4. The van der Waals surface area contributed by atoms with Crippen LogP contribution in [0.25, 0.3) is 6.08 Å². The van der Waals surface area contributed by atoms with E-state index in [-0.39, 0.29) is 12.4 Å². The number of hydrogen-bond acceptors (Lipinski definition) is 4. The van der Waals surface area contributed by atoms with Crippen LogP contribution in [0.15, 0.2) is 35.4 Å². The van der Waals surface area contributed by atoms with Crippen LogP contribution in [0.2, 0.25) is 0 Å². The number of nitriles is 1. The van der Waals surface area contributed by atoms with E-state index in [1.807, 2.05) is 30.4 Å². The van der Waals surface area contributed by atoms with E-state index in [0.29, 0.717) is 17.9 Å². The van der Waals surface area contributed by atoms with Gasteiger partial charge in [-0.15, -0.1) is 0 Å². The van der Waals surface area contributed by atoms with Crippen LogP contribution in [0, 0.1) is 11.3 Å². The van der Waals surface area contributed by atoms with Crippen molar-refractivity contribution >= 4 is 11.9 Å². The Morgan fingerprint density at radius 2 is 2.12 bits per heavy atom. The van der Waals surface area contributed by atoms with Gasteiger partial charge in [-0.3, -0.25) is 4.79 Å². The second kappa shape index (κ2) is 8.93. The highest BCUT2D eigenvalue weighted by Crippen LogP contribution is 2.31. The van der Waals surface area contributed by atoms with Gasteiger partial charge in [-0.2, -0.15) is 5.26 Å². The highest BCUT2D eigenvalue weighted by Gasteiger charge is 2.20. The van der Waals surface area contributed by atoms with E-state index in [2.05, 4.69) is 6.92 Å². The van der Waals surface area contributed by atoms with Crippen molar-refractivity contribution in [1.82, 2.24) is 0 Å². The number of nitrogens with zero attached hydrogens (tertiary/aromatic N) is 1. The van der Waals surface area contributed by atoms with E-state index in [1.54, 1.807) is 13.2 Å². The van der Waals surface area contributed by atoms with E-state index in [4.69, 9.17) is 14.7 Å². The molecular formula is C20H23NO3. The number of ether oxygens (including phenoxy) is 2. The normalized spacial score (nSPS) is 15.3. The van der Waals surface area contributed by atoms with E-state index in [1.165, 1.54) is 0 Å². The Hall–Kier alpha value is -2.54. The van der Waals surface area contributed by atoms with E-state index in [0.717, 1.165) is 42.4 Å². The summed E-state index contributed by atoms with van der Waals surface area (Å²) in [6, 6.07) is 7.38. The lowest BCUT2D eigenvalue weighted by atomic mass is 10.0. The van der Waals surface area contributed by atoms with Crippen molar-refractivity contribution in [2.75, 3.05) is 13.7 Å². The third-order valence-corrected chi connectivity index (χ3v) is 4.02. The molecule has 0 unspecified atom stereocenters. The predicted molar refractivity (Wildman–Crippen MR) is 93.9 cm³/mol. The first-order valence-corrected chi connectivity index (χ1v) is 8.31. The minimum Gasteiger partial charge on any atom is -0.493 e. The lowest BCUT2D eigenvalue weighted by Crippen LogP contribution is -2.00. The molecule has 0 aliphatic heterocycles. The van der Waals surface area contributed by atoms with Gasteiger partial charge in [0.15, 0.2) is 23.9 Å². The zero-order valence-corrected chi connectivity index (χ0v) is 14.3. The Labute approximate surface area is 143 Å². The number of allylic oxidation sites excluding steroid dienone is 3. The summed E-state index contributed by atoms with van der Waals surface area (Å²) in [5, 5.41) is 8.60. The van der Waals surface area contributed by atoms with Crippen LogP contribution in [0.1, 0.15) is 44.6 Å². The first kappa shape index (κ1) is 17.8. The lowest BCUT2D eigenvalue weighted by Gasteiger charge is -2.09. The first-order chi connectivity index (χ1) is 11.7. The van der Waals surface area contributed by atoms with Crippen LogP contribution in [0.5, 0.6) is 11.5 Å².